The number of rotatable bonds is 2. The first-order valence-electron chi connectivity index (χ1n) is 6.26. The second-order valence-corrected chi connectivity index (χ2v) is 4.90. The maximum Gasteiger partial charge on any atom is 0.274 e. The lowest BCUT2D eigenvalue weighted by Crippen LogP contribution is -2.14. The van der Waals surface area contributed by atoms with E-state index in [0.717, 1.165) is 11.5 Å². The zero-order chi connectivity index (χ0) is 14.8. The average molecular weight is 301 g/mol. The maximum absolute atomic E-state index is 13.7. The zero-order valence-electron chi connectivity index (χ0n) is 10.8. The Labute approximate surface area is 125 Å². The fourth-order valence-electron chi connectivity index (χ4n) is 1.97. The van der Waals surface area contributed by atoms with Gasteiger partial charge in [0.05, 0.1) is 11.2 Å². The lowest BCUT2D eigenvalue weighted by Gasteiger charge is -2.07. The van der Waals surface area contributed by atoms with Crippen LogP contribution in [0, 0.1) is 5.82 Å². The minimum absolute atomic E-state index is 0.0689. The second kappa shape index (κ2) is 5.50. The van der Waals surface area contributed by atoms with Gasteiger partial charge in [0, 0.05) is 10.4 Å². The van der Waals surface area contributed by atoms with Crippen molar-refractivity contribution in [3.05, 3.63) is 71.1 Å². The second-order valence-electron chi connectivity index (χ2n) is 4.47. The molecule has 5 heteroatoms. The Balaban J connectivity index is 1.89. The van der Waals surface area contributed by atoms with Crippen LogP contribution >= 0.6 is 11.6 Å². The highest BCUT2D eigenvalue weighted by atomic mass is 35.5. The highest BCUT2D eigenvalue weighted by molar-refractivity contribution is 6.30. The van der Waals surface area contributed by atoms with Crippen LogP contribution in [0.2, 0.25) is 5.02 Å². The third kappa shape index (κ3) is 2.85. The number of nitrogens with one attached hydrogen (secondary N) is 1. The van der Waals surface area contributed by atoms with E-state index in [1.807, 2.05) is 24.3 Å². The number of aromatic nitrogens is 1. The van der Waals surface area contributed by atoms with Crippen LogP contribution in [0.3, 0.4) is 0 Å². The van der Waals surface area contributed by atoms with Crippen LogP contribution in [0.15, 0.2) is 54.6 Å². The first-order chi connectivity index (χ1) is 10.1. The quantitative estimate of drug-likeness (QED) is 0.767. The number of pyridine rings is 1. The highest BCUT2D eigenvalue weighted by Gasteiger charge is 2.11. The molecule has 0 saturated carbocycles. The molecule has 104 valence electrons. The molecule has 2 aromatic carbocycles. The largest absolute Gasteiger partial charge is 0.318 e. The van der Waals surface area contributed by atoms with E-state index in [1.54, 1.807) is 12.1 Å². The Morgan fingerprint density at radius 2 is 1.90 bits per heavy atom. The van der Waals surface area contributed by atoms with E-state index in [2.05, 4.69) is 10.3 Å². The van der Waals surface area contributed by atoms with Crippen molar-refractivity contribution < 1.29 is 9.18 Å². The SMILES string of the molecule is O=C(Nc1ccc(Cl)cc1F)c1ccc2ccccc2n1. The van der Waals surface area contributed by atoms with E-state index in [0.29, 0.717) is 5.52 Å². The molecule has 0 fully saturated rings. The molecule has 0 radical (unpaired) electrons. The summed E-state index contributed by atoms with van der Waals surface area (Å²) in [6, 6.07) is 14.9. The van der Waals surface area contributed by atoms with Gasteiger partial charge in [0.2, 0.25) is 0 Å². The number of anilines is 1. The summed E-state index contributed by atoms with van der Waals surface area (Å²) in [5, 5.41) is 3.69. The van der Waals surface area contributed by atoms with E-state index in [4.69, 9.17) is 11.6 Å². The molecule has 0 atom stereocenters. The van der Waals surface area contributed by atoms with Crippen LogP contribution in [0.5, 0.6) is 0 Å². The monoisotopic (exact) mass is 300 g/mol. The summed E-state index contributed by atoms with van der Waals surface area (Å²) in [6.45, 7) is 0. The predicted octanol–water partition coefficient (Wildman–Crippen LogP) is 4.28. The van der Waals surface area contributed by atoms with Crippen molar-refractivity contribution >= 4 is 34.1 Å². The van der Waals surface area contributed by atoms with E-state index >= 15 is 0 Å². The molecule has 0 aliphatic heterocycles. The van der Waals surface area contributed by atoms with Crippen LogP contribution < -0.4 is 5.32 Å². The van der Waals surface area contributed by atoms with Gasteiger partial charge in [-0.2, -0.15) is 0 Å². The summed E-state index contributed by atoms with van der Waals surface area (Å²) in [6.07, 6.45) is 0. The van der Waals surface area contributed by atoms with Gasteiger partial charge in [0.15, 0.2) is 0 Å². The smallest absolute Gasteiger partial charge is 0.274 e. The minimum atomic E-state index is -0.586. The molecule has 0 spiro atoms. The highest BCUT2D eigenvalue weighted by Crippen LogP contribution is 2.20. The Kier molecular flexibility index (Phi) is 3.54. The summed E-state index contributed by atoms with van der Waals surface area (Å²) < 4.78 is 13.7. The third-order valence-corrected chi connectivity index (χ3v) is 3.25. The van der Waals surface area contributed by atoms with Gasteiger partial charge >= 0.3 is 0 Å². The topological polar surface area (TPSA) is 42.0 Å². The lowest BCUT2D eigenvalue weighted by atomic mass is 10.2. The molecule has 1 aromatic heterocycles. The predicted molar refractivity (Wildman–Crippen MR) is 81.1 cm³/mol. The molecule has 1 heterocycles. The number of carbonyl (C=O) groups is 1. The van der Waals surface area contributed by atoms with Gasteiger partial charge in [-0.3, -0.25) is 4.79 Å². The molecule has 3 nitrogen and oxygen atoms in total. The summed E-state index contributed by atoms with van der Waals surface area (Å²) in [5.74, 6) is -1.06. The Morgan fingerprint density at radius 3 is 2.71 bits per heavy atom. The van der Waals surface area contributed by atoms with Crippen LogP contribution in [0.25, 0.3) is 10.9 Å². The molecule has 1 N–H and O–H groups in total. The zero-order valence-corrected chi connectivity index (χ0v) is 11.6. The van der Waals surface area contributed by atoms with Crippen molar-refractivity contribution in [3.63, 3.8) is 0 Å². The van der Waals surface area contributed by atoms with Gasteiger partial charge in [-0.15, -0.1) is 0 Å². The number of amides is 1. The van der Waals surface area contributed by atoms with E-state index in [9.17, 15) is 9.18 Å². The molecular formula is C16H10ClFN2O. The van der Waals surface area contributed by atoms with Crippen LogP contribution in [0.4, 0.5) is 10.1 Å². The summed E-state index contributed by atoms with van der Waals surface area (Å²) in [5.41, 5.74) is 1.00. The molecule has 0 aliphatic rings. The number of hydrogen-bond acceptors (Lipinski definition) is 2. The number of carbonyl (C=O) groups excluding carboxylic acids is 1. The summed E-state index contributed by atoms with van der Waals surface area (Å²) >= 11 is 5.67. The molecular weight excluding hydrogens is 291 g/mol. The standard InChI is InChI=1S/C16H10ClFN2O/c17-11-6-8-14(12(18)9-11)20-16(21)15-7-5-10-3-1-2-4-13(10)19-15/h1-9H,(H,20,21). The van der Waals surface area contributed by atoms with Crippen molar-refractivity contribution in [1.82, 2.24) is 4.98 Å². The maximum atomic E-state index is 13.7. The molecule has 0 unspecified atom stereocenters. The van der Waals surface area contributed by atoms with Gasteiger partial charge in [-0.25, -0.2) is 9.37 Å². The molecule has 0 saturated heterocycles. The van der Waals surface area contributed by atoms with E-state index in [-0.39, 0.29) is 16.4 Å². The normalized spacial score (nSPS) is 10.6. The Bertz CT molecular complexity index is 835. The number of benzene rings is 2. The molecule has 0 bridgehead atoms. The van der Waals surface area contributed by atoms with Gasteiger partial charge in [0.25, 0.3) is 5.91 Å². The van der Waals surface area contributed by atoms with Gasteiger partial charge in [-0.1, -0.05) is 35.9 Å². The molecule has 3 aromatic rings. The first kappa shape index (κ1) is 13.5. The average Bonchev–Trinajstić information content (AvgIpc) is 2.49. The van der Waals surface area contributed by atoms with Crippen molar-refractivity contribution in [2.75, 3.05) is 5.32 Å². The number of fused-ring (bicyclic) bond motifs is 1. The van der Waals surface area contributed by atoms with Crippen molar-refractivity contribution in [1.29, 1.82) is 0 Å². The molecule has 3 rings (SSSR count). The molecule has 1 amide bonds. The summed E-state index contributed by atoms with van der Waals surface area (Å²) in [4.78, 5) is 16.4. The van der Waals surface area contributed by atoms with Gasteiger partial charge in [0.1, 0.15) is 11.5 Å². The Hall–Kier alpha value is -2.46. The first-order valence-corrected chi connectivity index (χ1v) is 6.63. The number of para-hydroxylation sites is 1. The van der Waals surface area contributed by atoms with Crippen molar-refractivity contribution in [2.45, 2.75) is 0 Å². The van der Waals surface area contributed by atoms with Gasteiger partial charge < -0.3 is 5.32 Å². The van der Waals surface area contributed by atoms with Crippen molar-refractivity contribution in [2.24, 2.45) is 0 Å². The lowest BCUT2D eigenvalue weighted by molar-refractivity contribution is 0.102. The Morgan fingerprint density at radius 1 is 1.10 bits per heavy atom. The van der Waals surface area contributed by atoms with Crippen LogP contribution in [-0.2, 0) is 0 Å². The fourth-order valence-corrected chi connectivity index (χ4v) is 2.13. The number of halogens is 2. The fraction of sp³-hybridized carbons (Fsp3) is 0. The third-order valence-electron chi connectivity index (χ3n) is 3.01. The molecule has 0 aliphatic carbocycles. The minimum Gasteiger partial charge on any atom is -0.318 e. The van der Waals surface area contributed by atoms with E-state index in [1.165, 1.54) is 12.1 Å². The number of nitrogens with zero attached hydrogens (tertiary/aromatic N) is 1. The molecule has 21 heavy (non-hydrogen) atoms. The van der Waals surface area contributed by atoms with Crippen LogP contribution in [0.1, 0.15) is 10.5 Å². The number of hydrogen-bond donors (Lipinski definition) is 1. The van der Waals surface area contributed by atoms with Crippen LogP contribution in [-0.4, -0.2) is 10.9 Å². The van der Waals surface area contributed by atoms with Gasteiger partial charge in [-0.05, 0) is 30.3 Å². The van der Waals surface area contributed by atoms with E-state index < -0.39 is 11.7 Å². The van der Waals surface area contributed by atoms with Crippen molar-refractivity contribution in [3.8, 4) is 0 Å². The summed E-state index contributed by atoms with van der Waals surface area (Å²) in [7, 11) is 0.